The molecule has 0 heterocycles. The molecular weight excluding hydrogens is 330 g/mol. The van der Waals surface area contributed by atoms with Gasteiger partial charge in [0.05, 0.1) is 11.8 Å². The normalized spacial score (nSPS) is 11.5. The van der Waals surface area contributed by atoms with Crippen molar-refractivity contribution >= 4 is 12.0 Å². The molecule has 0 aliphatic rings. The second-order valence-electron chi connectivity index (χ2n) is 4.56. The van der Waals surface area contributed by atoms with E-state index in [4.69, 9.17) is 0 Å². The summed E-state index contributed by atoms with van der Waals surface area (Å²) >= 11 is 0. The van der Waals surface area contributed by atoms with Crippen LogP contribution in [0.2, 0.25) is 0 Å². The van der Waals surface area contributed by atoms with Gasteiger partial charge in [-0.1, -0.05) is 5.16 Å². The van der Waals surface area contributed by atoms with E-state index < -0.39 is 29.1 Å². The smallest absolute Gasteiger partial charge is 0.426 e. The van der Waals surface area contributed by atoms with Crippen molar-refractivity contribution < 1.29 is 31.9 Å². The molecule has 126 valence electrons. The van der Waals surface area contributed by atoms with Crippen LogP contribution in [0.4, 0.5) is 17.6 Å². The maximum absolute atomic E-state index is 13.9. The third-order valence-electron chi connectivity index (χ3n) is 2.87. The standard InChI is InChI=1S/C16H11F4NO3/c1-23-21-9-10-2-5-12(6-3-10)24-16(19,20)15(22)13-7-4-11(17)8-14(13)18/h2-9H,1H3. The van der Waals surface area contributed by atoms with Crippen LogP contribution in [0, 0.1) is 11.6 Å². The van der Waals surface area contributed by atoms with Gasteiger partial charge in [-0.3, -0.25) is 4.79 Å². The molecule has 0 unspecified atom stereocenters. The third kappa shape index (κ3) is 4.09. The zero-order chi connectivity index (χ0) is 17.7. The molecule has 0 N–H and O–H groups in total. The molecule has 0 aliphatic carbocycles. The number of ketones is 1. The average molecular weight is 341 g/mol. The largest absolute Gasteiger partial charge is 0.466 e. The van der Waals surface area contributed by atoms with E-state index in [-0.39, 0.29) is 5.75 Å². The van der Waals surface area contributed by atoms with Gasteiger partial charge in [0, 0.05) is 6.07 Å². The van der Waals surface area contributed by atoms with E-state index in [9.17, 15) is 22.4 Å². The lowest BCUT2D eigenvalue weighted by Crippen LogP contribution is -2.35. The first-order chi connectivity index (χ1) is 11.3. The molecule has 24 heavy (non-hydrogen) atoms. The summed E-state index contributed by atoms with van der Waals surface area (Å²) in [6, 6.07) is 6.84. The van der Waals surface area contributed by atoms with Gasteiger partial charge in [-0.2, -0.15) is 8.78 Å². The van der Waals surface area contributed by atoms with Gasteiger partial charge in [-0.15, -0.1) is 0 Å². The maximum atomic E-state index is 13.9. The quantitative estimate of drug-likeness (QED) is 0.347. The Hall–Kier alpha value is -2.90. The number of ether oxygens (including phenoxy) is 1. The molecule has 8 heteroatoms. The lowest BCUT2D eigenvalue weighted by atomic mass is 10.1. The molecule has 4 nitrogen and oxygen atoms in total. The van der Waals surface area contributed by atoms with Gasteiger partial charge in [0.1, 0.15) is 24.5 Å². The number of Topliss-reactive ketones (excluding diaryl/α,β-unsaturated/α-hetero) is 1. The summed E-state index contributed by atoms with van der Waals surface area (Å²) in [5.41, 5.74) is -0.423. The predicted molar refractivity (Wildman–Crippen MR) is 77.3 cm³/mol. The fourth-order valence-corrected chi connectivity index (χ4v) is 1.76. The Morgan fingerprint density at radius 3 is 2.38 bits per heavy atom. The third-order valence-corrected chi connectivity index (χ3v) is 2.87. The molecule has 0 saturated heterocycles. The lowest BCUT2D eigenvalue weighted by molar-refractivity contribution is -0.134. The van der Waals surface area contributed by atoms with Gasteiger partial charge in [0.25, 0.3) is 5.78 Å². The molecule has 0 saturated carbocycles. The fraction of sp³-hybridized carbons (Fsp3) is 0.125. The van der Waals surface area contributed by atoms with Crippen LogP contribution in [0.3, 0.4) is 0 Å². The van der Waals surface area contributed by atoms with Gasteiger partial charge in [-0.05, 0) is 42.0 Å². The summed E-state index contributed by atoms with van der Waals surface area (Å²) in [7, 11) is 1.34. The van der Waals surface area contributed by atoms with Crippen molar-refractivity contribution in [3.05, 3.63) is 65.2 Å². The maximum Gasteiger partial charge on any atom is 0.466 e. The van der Waals surface area contributed by atoms with E-state index >= 15 is 0 Å². The van der Waals surface area contributed by atoms with Gasteiger partial charge >= 0.3 is 6.11 Å². The number of hydrogen-bond acceptors (Lipinski definition) is 4. The van der Waals surface area contributed by atoms with Gasteiger partial charge in [0.2, 0.25) is 0 Å². The number of benzene rings is 2. The molecule has 2 rings (SSSR count). The van der Waals surface area contributed by atoms with Crippen molar-refractivity contribution in [1.82, 2.24) is 0 Å². The monoisotopic (exact) mass is 341 g/mol. The summed E-state index contributed by atoms with van der Waals surface area (Å²) in [5, 5.41) is 3.49. The van der Waals surface area contributed by atoms with Crippen LogP contribution < -0.4 is 4.74 Å². The first-order valence-electron chi connectivity index (χ1n) is 6.57. The summed E-state index contributed by atoms with van der Waals surface area (Å²) in [6.07, 6.45) is -2.98. The van der Waals surface area contributed by atoms with Crippen LogP contribution in [-0.2, 0) is 4.84 Å². The van der Waals surface area contributed by atoms with Crippen molar-refractivity contribution in [2.24, 2.45) is 5.16 Å². The molecule has 0 spiro atoms. The SMILES string of the molecule is CON=Cc1ccc(OC(F)(F)C(=O)c2ccc(F)cc2F)cc1. The molecule has 2 aromatic rings. The molecule has 0 radical (unpaired) electrons. The van der Waals surface area contributed by atoms with E-state index in [2.05, 4.69) is 14.7 Å². The molecule has 0 fully saturated rings. The highest BCUT2D eigenvalue weighted by Crippen LogP contribution is 2.26. The Labute approximate surface area is 134 Å². The number of alkyl halides is 2. The molecule has 0 bridgehead atoms. The Morgan fingerprint density at radius 2 is 1.79 bits per heavy atom. The Bertz CT molecular complexity index is 760. The fourth-order valence-electron chi connectivity index (χ4n) is 1.76. The van der Waals surface area contributed by atoms with Gasteiger partial charge in [-0.25, -0.2) is 8.78 Å². The highest BCUT2D eigenvalue weighted by Gasteiger charge is 2.43. The topological polar surface area (TPSA) is 47.9 Å². The highest BCUT2D eigenvalue weighted by atomic mass is 19.3. The molecule has 0 amide bonds. The molecule has 0 aliphatic heterocycles. The second kappa shape index (κ2) is 7.12. The zero-order valence-electron chi connectivity index (χ0n) is 12.3. The lowest BCUT2D eigenvalue weighted by Gasteiger charge is -2.17. The van der Waals surface area contributed by atoms with Crippen LogP contribution in [0.15, 0.2) is 47.6 Å². The van der Waals surface area contributed by atoms with Crippen molar-refractivity contribution in [2.75, 3.05) is 7.11 Å². The number of halogens is 4. The number of hydrogen-bond donors (Lipinski definition) is 0. The van der Waals surface area contributed by atoms with Crippen molar-refractivity contribution in [2.45, 2.75) is 6.11 Å². The predicted octanol–water partition coefficient (Wildman–Crippen LogP) is 3.80. The molecule has 0 aromatic heterocycles. The summed E-state index contributed by atoms with van der Waals surface area (Å²) < 4.78 is 58.4. The van der Waals surface area contributed by atoms with Gasteiger partial charge < -0.3 is 9.57 Å². The number of rotatable bonds is 6. The zero-order valence-corrected chi connectivity index (χ0v) is 12.3. The molecule has 2 aromatic carbocycles. The number of oxime groups is 1. The minimum absolute atomic E-state index is 0.314. The van der Waals surface area contributed by atoms with E-state index in [0.29, 0.717) is 23.8 Å². The minimum atomic E-state index is -4.32. The van der Waals surface area contributed by atoms with E-state index in [1.54, 1.807) is 0 Å². The van der Waals surface area contributed by atoms with E-state index in [1.807, 2.05) is 0 Å². The molecular formula is C16H11F4NO3. The first kappa shape index (κ1) is 17.5. The van der Waals surface area contributed by atoms with Crippen LogP contribution in [0.25, 0.3) is 0 Å². The van der Waals surface area contributed by atoms with Crippen LogP contribution >= 0.6 is 0 Å². The summed E-state index contributed by atoms with van der Waals surface area (Å²) in [4.78, 5) is 16.2. The van der Waals surface area contributed by atoms with E-state index in [1.165, 1.54) is 37.6 Å². The number of carbonyl (C=O) groups excluding carboxylic acids is 1. The van der Waals surface area contributed by atoms with Crippen molar-refractivity contribution in [3.63, 3.8) is 0 Å². The van der Waals surface area contributed by atoms with Crippen LogP contribution in [0.1, 0.15) is 15.9 Å². The van der Waals surface area contributed by atoms with Crippen molar-refractivity contribution in [1.29, 1.82) is 0 Å². The second-order valence-corrected chi connectivity index (χ2v) is 4.56. The van der Waals surface area contributed by atoms with Crippen LogP contribution in [0.5, 0.6) is 5.75 Å². The molecule has 0 atom stereocenters. The summed E-state index contributed by atoms with van der Waals surface area (Å²) in [6.45, 7) is 0. The Balaban J connectivity index is 2.17. The Kier molecular flexibility index (Phi) is 5.18. The average Bonchev–Trinajstić information content (AvgIpc) is 2.53. The van der Waals surface area contributed by atoms with Gasteiger partial charge in [0.15, 0.2) is 0 Å². The Morgan fingerprint density at radius 1 is 1.12 bits per heavy atom. The first-order valence-corrected chi connectivity index (χ1v) is 6.57. The highest BCUT2D eigenvalue weighted by molar-refractivity contribution is 6.00. The summed E-state index contributed by atoms with van der Waals surface area (Å²) in [5.74, 6) is -4.61. The van der Waals surface area contributed by atoms with Crippen molar-refractivity contribution in [3.8, 4) is 5.75 Å². The number of carbonyl (C=O) groups is 1. The van der Waals surface area contributed by atoms with Crippen LogP contribution in [-0.4, -0.2) is 25.2 Å². The minimum Gasteiger partial charge on any atom is -0.426 e. The number of nitrogens with zero attached hydrogens (tertiary/aromatic N) is 1. The van der Waals surface area contributed by atoms with E-state index in [0.717, 1.165) is 0 Å².